The summed E-state index contributed by atoms with van der Waals surface area (Å²) in [5, 5.41) is 19.1. The maximum absolute atomic E-state index is 12.7. The summed E-state index contributed by atoms with van der Waals surface area (Å²) in [5.74, 6) is -0.0531. The van der Waals surface area contributed by atoms with E-state index in [1.807, 2.05) is 33.9 Å². The Morgan fingerprint density at radius 3 is 2.63 bits per heavy atom. The molecule has 0 radical (unpaired) electrons. The van der Waals surface area contributed by atoms with Gasteiger partial charge in [0.1, 0.15) is 17.4 Å². The van der Waals surface area contributed by atoms with Gasteiger partial charge >= 0.3 is 5.97 Å². The lowest BCUT2D eigenvalue weighted by atomic mass is 9.69. The number of carboxylic acids is 1. The van der Waals surface area contributed by atoms with E-state index in [1.165, 1.54) is 40.7 Å². The second kappa shape index (κ2) is 11.4. The lowest BCUT2D eigenvalue weighted by Crippen LogP contribution is -2.33. The molecule has 7 heteroatoms. The Morgan fingerprint density at radius 1 is 1.09 bits per heavy atom. The zero-order valence-corrected chi connectivity index (χ0v) is 26.4. The first-order valence-electron chi connectivity index (χ1n) is 15.7. The van der Waals surface area contributed by atoms with Crippen LogP contribution in [-0.2, 0) is 37.8 Å². The van der Waals surface area contributed by atoms with Crippen LogP contribution in [0.15, 0.2) is 42.5 Å². The van der Waals surface area contributed by atoms with E-state index in [4.69, 9.17) is 4.74 Å². The van der Waals surface area contributed by atoms with E-state index in [0.717, 1.165) is 72.4 Å². The predicted octanol–water partition coefficient (Wildman–Crippen LogP) is 6.88. The number of carbonyl (C=O) groups is 1. The number of aliphatic carboxylic acids is 1. The Balaban J connectivity index is 1.38. The number of rotatable bonds is 7. The van der Waals surface area contributed by atoms with Gasteiger partial charge in [0.2, 0.25) is 0 Å². The quantitative estimate of drug-likeness (QED) is 0.257. The molecule has 0 saturated carbocycles. The van der Waals surface area contributed by atoms with Crippen molar-refractivity contribution in [2.24, 2.45) is 12.5 Å². The van der Waals surface area contributed by atoms with Crippen molar-refractivity contribution >= 4 is 17.0 Å². The minimum Gasteiger partial charge on any atom is -0.488 e. The molecule has 1 N–H and O–H groups in total. The van der Waals surface area contributed by atoms with Gasteiger partial charge in [-0.1, -0.05) is 48.5 Å². The Labute approximate surface area is 254 Å². The monoisotopic (exact) mass is 580 g/mol. The average molecular weight is 581 g/mol. The van der Waals surface area contributed by atoms with Crippen molar-refractivity contribution < 1.29 is 14.6 Å². The first-order chi connectivity index (χ1) is 20.6. The highest BCUT2D eigenvalue weighted by Crippen LogP contribution is 2.44. The zero-order chi connectivity index (χ0) is 30.5. The molecule has 0 amide bonds. The third-order valence-electron chi connectivity index (χ3n) is 9.92. The van der Waals surface area contributed by atoms with Gasteiger partial charge < -0.3 is 9.84 Å². The summed E-state index contributed by atoms with van der Waals surface area (Å²) in [6.45, 7) is 12.5. The van der Waals surface area contributed by atoms with E-state index < -0.39 is 11.4 Å². The van der Waals surface area contributed by atoms with Crippen molar-refractivity contribution in [3.05, 3.63) is 87.0 Å². The first-order valence-corrected chi connectivity index (χ1v) is 15.7. The van der Waals surface area contributed by atoms with E-state index in [1.54, 1.807) is 4.68 Å². The third-order valence-corrected chi connectivity index (χ3v) is 9.92. The van der Waals surface area contributed by atoms with Gasteiger partial charge in [-0.15, -0.1) is 5.10 Å². The van der Waals surface area contributed by atoms with Crippen LogP contribution in [0.3, 0.4) is 0 Å². The highest BCUT2D eigenvalue weighted by molar-refractivity contribution is 5.81. The maximum Gasteiger partial charge on any atom is 0.310 e. The molecular formula is C36H44N4O3. The number of ether oxygens (including phenoxy) is 1. The molecule has 7 nitrogen and oxygen atoms in total. The first kappa shape index (κ1) is 29.4. The molecule has 1 aromatic heterocycles. The molecule has 2 heterocycles. The van der Waals surface area contributed by atoms with Crippen LogP contribution in [0.4, 0.5) is 0 Å². The van der Waals surface area contributed by atoms with Crippen molar-refractivity contribution in [1.29, 1.82) is 0 Å². The molecule has 2 aliphatic rings. The van der Waals surface area contributed by atoms with Crippen molar-refractivity contribution in [3.8, 4) is 5.75 Å². The SMILES string of the molecule is CC[C@@H]1CN(Cc2cc(C(c3ccc4c(nnn4C)c3C)C(C)(C)C(=O)O)ccc2C)Cc2ccc3c(c2O1)CCCC3. The summed E-state index contributed by atoms with van der Waals surface area (Å²) in [5.41, 5.74) is 10.3. The van der Waals surface area contributed by atoms with Crippen LogP contribution < -0.4 is 4.74 Å². The third kappa shape index (κ3) is 5.33. The lowest BCUT2D eigenvalue weighted by Gasteiger charge is -2.33. The van der Waals surface area contributed by atoms with Crippen LogP contribution in [0, 0.1) is 19.3 Å². The van der Waals surface area contributed by atoms with Crippen molar-refractivity contribution in [2.45, 2.75) is 91.8 Å². The molecule has 6 rings (SSSR count). The molecule has 1 unspecified atom stereocenters. The van der Waals surface area contributed by atoms with Gasteiger partial charge in [0.05, 0.1) is 10.9 Å². The van der Waals surface area contributed by atoms with Gasteiger partial charge in [-0.2, -0.15) is 0 Å². The molecule has 0 fully saturated rings. The summed E-state index contributed by atoms with van der Waals surface area (Å²) in [6.07, 6.45) is 5.84. The van der Waals surface area contributed by atoms with E-state index in [2.05, 4.69) is 65.5 Å². The molecular weight excluding hydrogens is 536 g/mol. The zero-order valence-electron chi connectivity index (χ0n) is 26.4. The number of carboxylic acid groups (broad SMARTS) is 1. The number of aromatic nitrogens is 3. The summed E-state index contributed by atoms with van der Waals surface area (Å²) in [4.78, 5) is 15.2. The van der Waals surface area contributed by atoms with Crippen LogP contribution in [0.2, 0.25) is 0 Å². The molecule has 43 heavy (non-hydrogen) atoms. The Hall–Kier alpha value is -3.71. The lowest BCUT2D eigenvalue weighted by molar-refractivity contribution is -0.147. The molecule has 1 aliphatic heterocycles. The Morgan fingerprint density at radius 2 is 1.86 bits per heavy atom. The number of benzene rings is 3. The van der Waals surface area contributed by atoms with Crippen LogP contribution >= 0.6 is 0 Å². The van der Waals surface area contributed by atoms with E-state index >= 15 is 0 Å². The number of hydrogen-bond acceptors (Lipinski definition) is 5. The minimum absolute atomic E-state index is 0.137. The fourth-order valence-corrected chi connectivity index (χ4v) is 7.20. The standard InChI is InChI=1S/C36H44N4O3/c1-7-28-21-40(19-26-15-14-24-10-8-9-11-30(24)34(26)43-28)20-27-18-25(13-12-22(27)2)32(36(4,5)35(41)42)29-16-17-31-33(23(29)3)37-38-39(31)6/h12-18,28,32H,7-11,19-21H2,1-6H3,(H,41,42)/t28-,32?/m1/s1. The minimum atomic E-state index is -1.05. The Kier molecular flexibility index (Phi) is 7.80. The van der Waals surface area contributed by atoms with Gasteiger partial charge in [0.15, 0.2) is 0 Å². The van der Waals surface area contributed by atoms with Crippen LogP contribution in [-0.4, -0.2) is 43.6 Å². The normalized spacial score (nSPS) is 18.0. The fraction of sp³-hybridized carbons (Fsp3) is 0.472. The second-order valence-corrected chi connectivity index (χ2v) is 13.2. The van der Waals surface area contributed by atoms with Gasteiger partial charge in [0.25, 0.3) is 0 Å². The predicted molar refractivity (Wildman–Crippen MR) is 170 cm³/mol. The summed E-state index contributed by atoms with van der Waals surface area (Å²) in [7, 11) is 1.88. The summed E-state index contributed by atoms with van der Waals surface area (Å²) < 4.78 is 8.48. The van der Waals surface area contributed by atoms with Gasteiger partial charge in [-0.3, -0.25) is 9.69 Å². The smallest absolute Gasteiger partial charge is 0.310 e. The molecule has 4 aromatic rings. The number of nitrogens with zero attached hydrogens (tertiary/aromatic N) is 4. The number of aryl methyl sites for hydroxylation is 4. The van der Waals surface area contributed by atoms with Crippen LogP contribution in [0.5, 0.6) is 5.75 Å². The van der Waals surface area contributed by atoms with Gasteiger partial charge in [-0.05, 0) is 105 Å². The molecule has 0 bridgehead atoms. The highest BCUT2D eigenvalue weighted by Gasteiger charge is 2.40. The molecule has 0 spiro atoms. The van der Waals surface area contributed by atoms with Crippen LogP contribution in [0.25, 0.3) is 11.0 Å². The van der Waals surface area contributed by atoms with Crippen LogP contribution in [0.1, 0.15) is 90.5 Å². The fourth-order valence-electron chi connectivity index (χ4n) is 7.20. The van der Waals surface area contributed by atoms with Crippen molar-refractivity contribution in [3.63, 3.8) is 0 Å². The van der Waals surface area contributed by atoms with E-state index in [9.17, 15) is 9.90 Å². The topological polar surface area (TPSA) is 80.5 Å². The average Bonchev–Trinajstić information content (AvgIpc) is 3.26. The van der Waals surface area contributed by atoms with E-state index in [0.29, 0.717) is 0 Å². The van der Waals surface area contributed by atoms with Gasteiger partial charge in [0, 0.05) is 38.2 Å². The molecule has 0 saturated heterocycles. The highest BCUT2D eigenvalue weighted by atomic mass is 16.5. The molecule has 3 aromatic carbocycles. The summed E-state index contributed by atoms with van der Waals surface area (Å²) >= 11 is 0. The van der Waals surface area contributed by atoms with E-state index in [-0.39, 0.29) is 12.0 Å². The number of hydrogen-bond donors (Lipinski definition) is 1. The molecule has 1 aliphatic carbocycles. The molecule has 226 valence electrons. The largest absolute Gasteiger partial charge is 0.488 e. The molecule has 2 atom stereocenters. The second-order valence-electron chi connectivity index (χ2n) is 13.2. The van der Waals surface area contributed by atoms with Gasteiger partial charge in [-0.25, -0.2) is 4.68 Å². The number of fused-ring (bicyclic) bond motifs is 4. The van der Waals surface area contributed by atoms with Crippen molar-refractivity contribution in [2.75, 3.05) is 6.54 Å². The maximum atomic E-state index is 12.7. The summed E-state index contributed by atoms with van der Waals surface area (Å²) in [6, 6.07) is 15.2. The van der Waals surface area contributed by atoms with Crippen molar-refractivity contribution in [1.82, 2.24) is 19.9 Å². The Bertz CT molecular complexity index is 1690.